The highest BCUT2D eigenvalue weighted by atomic mass is 16.5. The second-order valence-electron chi connectivity index (χ2n) is 5.97. The Morgan fingerprint density at radius 3 is 2.95 bits per heavy atom. The van der Waals surface area contributed by atoms with Gasteiger partial charge in [0.25, 0.3) is 0 Å². The Labute approximate surface area is 132 Å². The van der Waals surface area contributed by atoms with Crippen LogP contribution in [0.1, 0.15) is 24.8 Å². The lowest BCUT2D eigenvalue weighted by atomic mass is 10.1. The molecule has 5 nitrogen and oxygen atoms in total. The molecule has 1 aromatic rings. The highest BCUT2D eigenvalue weighted by molar-refractivity contribution is 5.73. The van der Waals surface area contributed by atoms with Gasteiger partial charge in [-0.3, -0.25) is 0 Å². The Balaban J connectivity index is 1.72. The lowest BCUT2D eigenvalue weighted by Gasteiger charge is -2.23. The maximum atomic E-state index is 12.1. The number of aliphatic hydroxyl groups excluding tert-OH is 1. The summed E-state index contributed by atoms with van der Waals surface area (Å²) in [6.45, 7) is 1.20. The van der Waals surface area contributed by atoms with Crippen LogP contribution in [0.5, 0.6) is 5.75 Å². The number of hydrogen-bond acceptors (Lipinski definition) is 3. The molecule has 122 valence electrons. The van der Waals surface area contributed by atoms with Crippen molar-refractivity contribution in [1.29, 1.82) is 0 Å². The topological polar surface area (TPSA) is 61.8 Å². The standard InChI is InChI=1S/C17H26N2O3/c1-19(12-14-6-4-8-16(14)20)17(21)18-10-9-13-5-3-7-15(11-13)22-2/h3,5,7,11,14,16,20H,4,6,8-10,12H2,1-2H3,(H,18,21). The van der Waals surface area contributed by atoms with Crippen LogP contribution >= 0.6 is 0 Å². The van der Waals surface area contributed by atoms with Crippen LogP contribution in [-0.4, -0.2) is 49.4 Å². The van der Waals surface area contributed by atoms with E-state index in [1.54, 1.807) is 19.1 Å². The molecule has 0 heterocycles. The van der Waals surface area contributed by atoms with Gasteiger partial charge in [0.2, 0.25) is 0 Å². The lowest BCUT2D eigenvalue weighted by Crippen LogP contribution is -2.41. The number of aliphatic hydroxyl groups is 1. The zero-order chi connectivity index (χ0) is 15.9. The van der Waals surface area contributed by atoms with E-state index in [4.69, 9.17) is 4.74 Å². The molecule has 0 aromatic heterocycles. The maximum Gasteiger partial charge on any atom is 0.317 e. The van der Waals surface area contributed by atoms with E-state index in [0.717, 1.165) is 37.0 Å². The summed E-state index contributed by atoms with van der Waals surface area (Å²) in [5, 5.41) is 12.7. The van der Waals surface area contributed by atoms with Gasteiger partial charge in [0.1, 0.15) is 5.75 Å². The predicted octanol–water partition coefficient (Wildman–Crippen LogP) is 2.04. The van der Waals surface area contributed by atoms with Crippen molar-refractivity contribution in [2.45, 2.75) is 31.8 Å². The van der Waals surface area contributed by atoms with E-state index in [0.29, 0.717) is 13.1 Å². The average molecular weight is 306 g/mol. The molecule has 2 atom stereocenters. The molecule has 5 heteroatoms. The van der Waals surface area contributed by atoms with Crippen LogP contribution in [0.3, 0.4) is 0 Å². The Hall–Kier alpha value is -1.75. The van der Waals surface area contributed by atoms with Gasteiger partial charge in [-0.1, -0.05) is 18.6 Å². The minimum atomic E-state index is -0.257. The van der Waals surface area contributed by atoms with E-state index in [-0.39, 0.29) is 18.1 Å². The number of nitrogens with one attached hydrogen (secondary N) is 1. The first-order valence-electron chi connectivity index (χ1n) is 7.90. The van der Waals surface area contributed by atoms with Gasteiger partial charge in [-0.05, 0) is 37.0 Å². The highest BCUT2D eigenvalue weighted by Gasteiger charge is 2.27. The summed E-state index contributed by atoms with van der Waals surface area (Å²) in [5.41, 5.74) is 1.13. The van der Waals surface area contributed by atoms with Gasteiger partial charge in [0, 0.05) is 26.1 Å². The smallest absolute Gasteiger partial charge is 0.317 e. The summed E-state index contributed by atoms with van der Waals surface area (Å²) < 4.78 is 5.19. The SMILES string of the molecule is COc1cccc(CCNC(=O)N(C)CC2CCCC2O)c1. The monoisotopic (exact) mass is 306 g/mol. The van der Waals surface area contributed by atoms with Crippen molar-refractivity contribution in [1.82, 2.24) is 10.2 Å². The molecule has 0 saturated heterocycles. The first-order chi connectivity index (χ1) is 10.6. The molecule has 2 rings (SSSR count). The Morgan fingerprint density at radius 1 is 1.45 bits per heavy atom. The largest absolute Gasteiger partial charge is 0.497 e. The third-order valence-electron chi connectivity index (χ3n) is 4.30. The van der Waals surface area contributed by atoms with E-state index < -0.39 is 0 Å². The molecule has 1 aromatic carbocycles. The number of rotatable bonds is 6. The van der Waals surface area contributed by atoms with Gasteiger partial charge in [0.15, 0.2) is 0 Å². The van der Waals surface area contributed by atoms with Gasteiger partial charge in [-0.2, -0.15) is 0 Å². The molecular formula is C17H26N2O3. The lowest BCUT2D eigenvalue weighted by molar-refractivity contribution is 0.114. The minimum absolute atomic E-state index is 0.0815. The van der Waals surface area contributed by atoms with Gasteiger partial charge < -0.3 is 20.1 Å². The molecule has 2 unspecified atom stereocenters. The third-order valence-corrected chi connectivity index (χ3v) is 4.30. The van der Waals surface area contributed by atoms with Crippen LogP contribution in [0, 0.1) is 5.92 Å². The van der Waals surface area contributed by atoms with E-state index in [9.17, 15) is 9.90 Å². The first kappa shape index (κ1) is 16.6. The second-order valence-corrected chi connectivity index (χ2v) is 5.97. The molecule has 2 amide bonds. The van der Waals surface area contributed by atoms with Crippen LogP contribution in [-0.2, 0) is 6.42 Å². The number of benzene rings is 1. The Morgan fingerprint density at radius 2 is 2.27 bits per heavy atom. The van der Waals surface area contributed by atoms with Crippen molar-refractivity contribution in [3.8, 4) is 5.75 Å². The van der Waals surface area contributed by atoms with Crippen LogP contribution in [0.25, 0.3) is 0 Å². The van der Waals surface area contributed by atoms with E-state index in [1.165, 1.54) is 0 Å². The first-order valence-corrected chi connectivity index (χ1v) is 7.90. The molecular weight excluding hydrogens is 280 g/mol. The maximum absolute atomic E-state index is 12.1. The summed E-state index contributed by atoms with van der Waals surface area (Å²) in [4.78, 5) is 13.7. The molecule has 2 N–H and O–H groups in total. The van der Waals surface area contributed by atoms with Gasteiger partial charge >= 0.3 is 6.03 Å². The quantitative estimate of drug-likeness (QED) is 0.845. The third kappa shape index (κ3) is 4.63. The summed E-state index contributed by atoms with van der Waals surface area (Å²) >= 11 is 0. The van der Waals surface area contributed by atoms with Crippen LogP contribution in [0.2, 0.25) is 0 Å². The van der Waals surface area contributed by atoms with E-state index >= 15 is 0 Å². The molecule has 1 fully saturated rings. The zero-order valence-corrected chi connectivity index (χ0v) is 13.4. The summed E-state index contributed by atoms with van der Waals surface area (Å²) in [5.74, 6) is 1.05. The molecule has 0 spiro atoms. The van der Waals surface area contributed by atoms with Crippen molar-refractivity contribution in [3.05, 3.63) is 29.8 Å². The number of ether oxygens (including phenoxy) is 1. The number of amides is 2. The van der Waals surface area contributed by atoms with Crippen molar-refractivity contribution in [3.63, 3.8) is 0 Å². The summed E-state index contributed by atoms with van der Waals surface area (Å²) in [7, 11) is 3.43. The molecule has 1 saturated carbocycles. The number of urea groups is 1. The van der Waals surface area contributed by atoms with Crippen molar-refractivity contribution >= 4 is 6.03 Å². The van der Waals surface area contributed by atoms with Crippen molar-refractivity contribution in [2.24, 2.45) is 5.92 Å². The highest BCUT2D eigenvalue weighted by Crippen LogP contribution is 2.25. The number of methoxy groups -OCH3 is 1. The molecule has 0 bridgehead atoms. The van der Waals surface area contributed by atoms with E-state index in [1.807, 2.05) is 24.3 Å². The number of nitrogens with zero attached hydrogens (tertiary/aromatic N) is 1. The Kier molecular flexibility index (Phi) is 6.07. The molecule has 1 aliphatic carbocycles. The average Bonchev–Trinajstić information content (AvgIpc) is 2.92. The zero-order valence-electron chi connectivity index (χ0n) is 13.4. The summed E-state index contributed by atoms with van der Waals surface area (Å²) in [6.07, 6.45) is 3.42. The van der Waals surface area contributed by atoms with Gasteiger partial charge in [0.05, 0.1) is 13.2 Å². The fraction of sp³-hybridized carbons (Fsp3) is 0.588. The van der Waals surface area contributed by atoms with Crippen molar-refractivity contribution < 1.29 is 14.6 Å². The minimum Gasteiger partial charge on any atom is -0.497 e. The number of carbonyl (C=O) groups excluding carboxylic acids is 1. The normalized spacial score (nSPS) is 20.7. The molecule has 0 aliphatic heterocycles. The van der Waals surface area contributed by atoms with Crippen LogP contribution in [0.4, 0.5) is 4.79 Å². The van der Waals surface area contributed by atoms with Crippen LogP contribution in [0.15, 0.2) is 24.3 Å². The predicted molar refractivity (Wildman–Crippen MR) is 86.1 cm³/mol. The fourth-order valence-electron chi connectivity index (χ4n) is 2.94. The van der Waals surface area contributed by atoms with E-state index in [2.05, 4.69) is 5.32 Å². The second kappa shape index (κ2) is 8.03. The van der Waals surface area contributed by atoms with Crippen LogP contribution < -0.4 is 10.1 Å². The molecule has 1 aliphatic rings. The Bertz CT molecular complexity index is 493. The molecule has 0 radical (unpaired) electrons. The van der Waals surface area contributed by atoms with Crippen molar-refractivity contribution in [2.75, 3.05) is 27.2 Å². The van der Waals surface area contributed by atoms with Gasteiger partial charge in [-0.15, -0.1) is 0 Å². The number of carbonyl (C=O) groups is 1. The summed E-state index contributed by atoms with van der Waals surface area (Å²) in [6, 6.07) is 7.77. The fourth-order valence-corrected chi connectivity index (χ4v) is 2.94. The number of hydrogen-bond donors (Lipinski definition) is 2. The van der Waals surface area contributed by atoms with Gasteiger partial charge in [-0.25, -0.2) is 4.79 Å². The molecule has 22 heavy (non-hydrogen) atoms.